The second-order valence-corrected chi connectivity index (χ2v) is 9.38. The average Bonchev–Trinajstić information content (AvgIpc) is 3.08. The lowest BCUT2D eigenvalue weighted by Gasteiger charge is -2.53. The Labute approximate surface area is 182 Å². The van der Waals surface area contributed by atoms with Crippen molar-refractivity contribution in [3.8, 4) is 0 Å². The van der Waals surface area contributed by atoms with Crippen molar-refractivity contribution in [2.24, 2.45) is 28.6 Å². The Morgan fingerprint density at radius 1 is 1.20 bits per heavy atom. The number of hydrogen-bond donors (Lipinski definition) is 1. The second kappa shape index (κ2) is 8.41. The molecule has 2 aliphatic rings. The predicted molar refractivity (Wildman–Crippen MR) is 126 cm³/mol. The molecule has 0 bridgehead atoms. The number of allylic oxidation sites excluding steroid dienone is 7. The fourth-order valence-corrected chi connectivity index (χ4v) is 6.11. The molecule has 0 saturated carbocycles. The Morgan fingerprint density at radius 2 is 1.87 bits per heavy atom. The second-order valence-electron chi connectivity index (χ2n) is 9.38. The van der Waals surface area contributed by atoms with E-state index in [-0.39, 0.29) is 11.8 Å². The van der Waals surface area contributed by atoms with Gasteiger partial charge in [0.25, 0.3) is 0 Å². The van der Waals surface area contributed by atoms with Crippen LogP contribution in [0.4, 0.5) is 0 Å². The number of hydrogen-bond acceptors (Lipinski definition) is 1. The molecule has 1 aromatic carbocycles. The van der Waals surface area contributed by atoms with Gasteiger partial charge in [0.1, 0.15) is 0 Å². The number of carboxylic acid groups (broad SMARTS) is 1. The lowest BCUT2D eigenvalue weighted by atomic mass is 9.48. The third-order valence-corrected chi connectivity index (χ3v) is 7.66. The number of rotatable bonds is 6. The smallest absolute Gasteiger partial charge is 0.311 e. The molecule has 0 aromatic heterocycles. The maximum atomic E-state index is 12.9. The summed E-state index contributed by atoms with van der Waals surface area (Å²) >= 11 is 0. The van der Waals surface area contributed by atoms with E-state index in [0.717, 1.165) is 24.0 Å². The molecular formula is C28H36O2. The van der Waals surface area contributed by atoms with Crippen LogP contribution in [0.25, 0.3) is 6.08 Å². The Bertz CT molecular complexity index is 917. The van der Waals surface area contributed by atoms with Crippen LogP contribution >= 0.6 is 0 Å². The molecule has 2 nitrogen and oxygen atoms in total. The predicted octanol–water partition coefficient (Wildman–Crippen LogP) is 7.31. The van der Waals surface area contributed by atoms with Crippen molar-refractivity contribution in [1.29, 1.82) is 0 Å². The van der Waals surface area contributed by atoms with Crippen LogP contribution in [-0.2, 0) is 4.79 Å². The van der Waals surface area contributed by atoms with E-state index in [9.17, 15) is 9.90 Å². The lowest BCUT2D eigenvalue weighted by molar-refractivity contribution is -0.159. The molecule has 0 aliphatic heterocycles. The molecule has 30 heavy (non-hydrogen) atoms. The summed E-state index contributed by atoms with van der Waals surface area (Å²) in [6.07, 6.45) is 12.7. The lowest BCUT2D eigenvalue weighted by Crippen LogP contribution is -2.54. The molecule has 5 atom stereocenters. The molecule has 1 aromatic rings. The maximum Gasteiger partial charge on any atom is 0.311 e. The van der Waals surface area contributed by atoms with E-state index < -0.39 is 16.8 Å². The van der Waals surface area contributed by atoms with Gasteiger partial charge in [-0.05, 0) is 51.0 Å². The van der Waals surface area contributed by atoms with Gasteiger partial charge in [0, 0.05) is 11.3 Å². The molecule has 0 radical (unpaired) electrons. The topological polar surface area (TPSA) is 37.3 Å². The van der Waals surface area contributed by atoms with Gasteiger partial charge in [-0.1, -0.05) is 98.2 Å². The number of carboxylic acids is 1. The molecule has 0 saturated heterocycles. The van der Waals surface area contributed by atoms with Gasteiger partial charge >= 0.3 is 5.97 Å². The summed E-state index contributed by atoms with van der Waals surface area (Å²) in [5, 5.41) is 10.6. The fourth-order valence-electron chi connectivity index (χ4n) is 6.11. The minimum absolute atomic E-state index is 0.0436. The zero-order valence-corrected chi connectivity index (χ0v) is 19.3. The first-order valence-corrected chi connectivity index (χ1v) is 11.3. The molecule has 1 N–H and O–H groups in total. The van der Waals surface area contributed by atoms with E-state index in [4.69, 9.17) is 0 Å². The Balaban J connectivity index is 2.13. The van der Waals surface area contributed by atoms with Crippen LogP contribution in [0.15, 0.2) is 71.4 Å². The molecule has 5 unspecified atom stereocenters. The summed E-state index contributed by atoms with van der Waals surface area (Å²) in [6.45, 7) is 12.8. The van der Waals surface area contributed by atoms with Gasteiger partial charge < -0.3 is 5.11 Å². The first-order chi connectivity index (χ1) is 14.2. The van der Waals surface area contributed by atoms with Gasteiger partial charge in [0.15, 0.2) is 0 Å². The molecule has 2 aliphatic carbocycles. The van der Waals surface area contributed by atoms with E-state index in [1.165, 1.54) is 11.1 Å². The summed E-state index contributed by atoms with van der Waals surface area (Å²) in [5.41, 5.74) is 3.50. The molecule has 0 heterocycles. The molecular weight excluding hydrogens is 368 g/mol. The highest BCUT2D eigenvalue weighted by Crippen LogP contribution is 2.63. The van der Waals surface area contributed by atoms with Crippen molar-refractivity contribution in [1.82, 2.24) is 0 Å². The fraction of sp³-hybridized carbons (Fsp3) is 0.464. The molecule has 0 spiro atoms. The van der Waals surface area contributed by atoms with Crippen molar-refractivity contribution in [2.75, 3.05) is 0 Å². The van der Waals surface area contributed by atoms with Gasteiger partial charge in [-0.3, -0.25) is 4.79 Å². The van der Waals surface area contributed by atoms with Crippen molar-refractivity contribution in [3.63, 3.8) is 0 Å². The molecule has 3 rings (SSSR count). The van der Waals surface area contributed by atoms with Crippen molar-refractivity contribution >= 4 is 12.0 Å². The van der Waals surface area contributed by atoms with Gasteiger partial charge in [-0.25, -0.2) is 0 Å². The van der Waals surface area contributed by atoms with Crippen molar-refractivity contribution < 1.29 is 9.90 Å². The van der Waals surface area contributed by atoms with Gasteiger partial charge in [0.05, 0.1) is 5.41 Å². The number of benzene rings is 1. The zero-order valence-electron chi connectivity index (χ0n) is 19.3. The van der Waals surface area contributed by atoms with E-state index in [1.54, 1.807) is 0 Å². The number of aliphatic carboxylic acids is 1. The van der Waals surface area contributed by atoms with Crippen LogP contribution in [0.2, 0.25) is 0 Å². The molecule has 160 valence electrons. The summed E-state index contributed by atoms with van der Waals surface area (Å²) in [6, 6.07) is 10.2. The zero-order chi connectivity index (χ0) is 22.1. The summed E-state index contributed by atoms with van der Waals surface area (Å²) in [5.74, 6) is 0.0295. The Morgan fingerprint density at radius 3 is 2.43 bits per heavy atom. The minimum Gasteiger partial charge on any atom is -0.481 e. The quantitative estimate of drug-likeness (QED) is 0.398. The van der Waals surface area contributed by atoms with Gasteiger partial charge in [-0.2, -0.15) is 0 Å². The minimum atomic E-state index is -0.875. The standard InChI is InChI=1S/C28H36O2/c1-7-23-16-20(4)24-21(5)18-28(8-2,27(6,25(23)24)26(29)30)17-19(3)14-15-22-12-10-9-11-13-22/h9-18,20,24-25H,7-8H2,1-6H3,(H,29,30). The highest BCUT2D eigenvalue weighted by molar-refractivity contribution is 5.79. The Kier molecular flexibility index (Phi) is 6.26. The van der Waals surface area contributed by atoms with Crippen LogP contribution < -0.4 is 0 Å². The number of carbonyl (C=O) groups is 1. The average molecular weight is 405 g/mol. The van der Waals surface area contributed by atoms with Crippen LogP contribution in [-0.4, -0.2) is 11.1 Å². The first-order valence-electron chi connectivity index (χ1n) is 11.3. The normalized spacial score (nSPS) is 33.9. The van der Waals surface area contributed by atoms with Crippen LogP contribution in [0.5, 0.6) is 0 Å². The largest absolute Gasteiger partial charge is 0.481 e. The summed E-state index contributed by atoms with van der Waals surface area (Å²) < 4.78 is 0. The van der Waals surface area contributed by atoms with E-state index in [0.29, 0.717) is 5.92 Å². The third-order valence-electron chi connectivity index (χ3n) is 7.66. The molecule has 0 amide bonds. The van der Waals surface area contributed by atoms with E-state index in [2.05, 4.69) is 77.1 Å². The summed E-state index contributed by atoms with van der Waals surface area (Å²) in [7, 11) is 0. The van der Waals surface area contributed by atoms with Crippen molar-refractivity contribution in [3.05, 3.63) is 76.9 Å². The molecule has 0 fully saturated rings. The highest BCUT2D eigenvalue weighted by Gasteiger charge is 2.62. The van der Waals surface area contributed by atoms with Crippen molar-refractivity contribution in [2.45, 2.75) is 54.4 Å². The third kappa shape index (κ3) is 3.51. The monoisotopic (exact) mass is 404 g/mol. The molecule has 2 heteroatoms. The Hall–Kier alpha value is -2.35. The van der Waals surface area contributed by atoms with Gasteiger partial charge in [0.2, 0.25) is 0 Å². The number of fused-ring (bicyclic) bond motifs is 1. The highest BCUT2D eigenvalue weighted by atomic mass is 16.4. The summed E-state index contributed by atoms with van der Waals surface area (Å²) in [4.78, 5) is 12.9. The SMILES string of the molecule is CCC1=CC(C)C2C(C)=CC(C=C(C)C=Cc3ccccc3)(CC)C(C)(C(=O)O)C12. The van der Waals surface area contributed by atoms with Gasteiger partial charge in [-0.15, -0.1) is 0 Å². The van der Waals surface area contributed by atoms with Crippen LogP contribution in [0.1, 0.15) is 59.9 Å². The first kappa shape index (κ1) is 22.3. The van der Waals surface area contributed by atoms with Crippen LogP contribution in [0, 0.1) is 28.6 Å². The van der Waals surface area contributed by atoms with E-state index in [1.807, 2.05) is 25.1 Å². The maximum absolute atomic E-state index is 12.9. The van der Waals surface area contributed by atoms with E-state index >= 15 is 0 Å². The van der Waals surface area contributed by atoms with Crippen LogP contribution in [0.3, 0.4) is 0 Å².